The van der Waals surface area contributed by atoms with Crippen molar-refractivity contribution in [2.45, 2.75) is 39.2 Å². The molecule has 2 aromatic heterocycles. The lowest BCUT2D eigenvalue weighted by atomic mass is 9.77. The number of fused-ring (bicyclic) bond motifs is 1. The van der Waals surface area contributed by atoms with Crippen LogP contribution in [0.25, 0.3) is 0 Å². The molecule has 0 saturated carbocycles. The van der Waals surface area contributed by atoms with Gasteiger partial charge >= 0.3 is 0 Å². The summed E-state index contributed by atoms with van der Waals surface area (Å²) in [6.45, 7) is 4.54. The SMILES string of the molecule is CC1(C)Cc2nc(Cc3ccccn3)sc2C(N)C1. The van der Waals surface area contributed by atoms with Crippen molar-refractivity contribution < 1.29 is 0 Å². The van der Waals surface area contributed by atoms with E-state index in [1.807, 2.05) is 24.4 Å². The molecule has 2 heterocycles. The maximum Gasteiger partial charge on any atom is 0.0991 e. The Labute approximate surface area is 117 Å². The number of rotatable bonds is 2. The zero-order valence-corrected chi connectivity index (χ0v) is 12.2. The van der Waals surface area contributed by atoms with Gasteiger partial charge in [-0.3, -0.25) is 4.98 Å². The van der Waals surface area contributed by atoms with Gasteiger partial charge in [0.1, 0.15) is 0 Å². The van der Waals surface area contributed by atoms with Gasteiger partial charge in [0.25, 0.3) is 0 Å². The number of pyridine rings is 1. The first kappa shape index (κ1) is 12.8. The molecular weight excluding hydrogens is 254 g/mol. The largest absolute Gasteiger partial charge is 0.323 e. The van der Waals surface area contributed by atoms with Gasteiger partial charge in [-0.2, -0.15) is 0 Å². The van der Waals surface area contributed by atoms with E-state index in [0.717, 1.165) is 30.0 Å². The molecule has 0 radical (unpaired) electrons. The molecule has 0 fully saturated rings. The minimum absolute atomic E-state index is 0.147. The molecule has 100 valence electrons. The lowest BCUT2D eigenvalue weighted by molar-refractivity contribution is 0.282. The molecule has 1 aliphatic rings. The third kappa shape index (κ3) is 2.69. The van der Waals surface area contributed by atoms with E-state index in [4.69, 9.17) is 10.7 Å². The molecule has 4 heteroatoms. The van der Waals surface area contributed by atoms with Gasteiger partial charge in [0, 0.05) is 29.2 Å². The smallest absolute Gasteiger partial charge is 0.0991 e. The summed E-state index contributed by atoms with van der Waals surface area (Å²) in [7, 11) is 0. The monoisotopic (exact) mass is 273 g/mol. The molecule has 0 amide bonds. The molecule has 0 aromatic carbocycles. The zero-order valence-electron chi connectivity index (χ0n) is 11.4. The normalized spacial score (nSPS) is 21.1. The number of aromatic nitrogens is 2. The van der Waals surface area contributed by atoms with Crippen molar-refractivity contribution in [3.8, 4) is 0 Å². The van der Waals surface area contributed by atoms with Crippen molar-refractivity contribution in [2.24, 2.45) is 11.1 Å². The molecule has 0 spiro atoms. The van der Waals surface area contributed by atoms with Crippen LogP contribution in [0.4, 0.5) is 0 Å². The van der Waals surface area contributed by atoms with Gasteiger partial charge in [0.05, 0.1) is 10.7 Å². The lowest BCUT2D eigenvalue weighted by Crippen LogP contribution is -2.28. The Morgan fingerprint density at radius 2 is 2.26 bits per heavy atom. The van der Waals surface area contributed by atoms with Gasteiger partial charge in [0.15, 0.2) is 0 Å². The Hall–Kier alpha value is -1.26. The van der Waals surface area contributed by atoms with Crippen LogP contribution in [0.1, 0.15) is 47.6 Å². The summed E-state index contributed by atoms with van der Waals surface area (Å²) in [4.78, 5) is 10.4. The molecule has 3 rings (SSSR count). The van der Waals surface area contributed by atoms with E-state index in [9.17, 15) is 0 Å². The van der Waals surface area contributed by atoms with E-state index >= 15 is 0 Å². The number of hydrogen-bond acceptors (Lipinski definition) is 4. The molecule has 2 aromatic rings. The average molecular weight is 273 g/mol. The number of nitrogens with zero attached hydrogens (tertiary/aromatic N) is 2. The third-order valence-electron chi connectivity index (χ3n) is 3.59. The minimum Gasteiger partial charge on any atom is -0.323 e. The fourth-order valence-corrected chi connectivity index (χ4v) is 3.88. The molecule has 1 aliphatic carbocycles. The van der Waals surface area contributed by atoms with Crippen LogP contribution in [0.2, 0.25) is 0 Å². The van der Waals surface area contributed by atoms with Gasteiger partial charge in [-0.15, -0.1) is 11.3 Å². The average Bonchev–Trinajstić information content (AvgIpc) is 2.71. The van der Waals surface area contributed by atoms with E-state index in [0.29, 0.717) is 0 Å². The molecule has 0 bridgehead atoms. The van der Waals surface area contributed by atoms with Crippen molar-refractivity contribution in [1.82, 2.24) is 9.97 Å². The third-order valence-corrected chi connectivity index (χ3v) is 4.82. The van der Waals surface area contributed by atoms with Gasteiger partial charge in [-0.25, -0.2) is 4.98 Å². The Balaban J connectivity index is 1.87. The summed E-state index contributed by atoms with van der Waals surface area (Å²) in [5.41, 5.74) is 8.83. The quantitative estimate of drug-likeness (QED) is 0.914. The molecular formula is C15H19N3S. The topological polar surface area (TPSA) is 51.8 Å². The summed E-state index contributed by atoms with van der Waals surface area (Å²) >= 11 is 1.76. The second kappa shape index (κ2) is 4.69. The van der Waals surface area contributed by atoms with Crippen LogP contribution in [0.15, 0.2) is 24.4 Å². The number of thiazole rings is 1. The zero-order chi connectivity index (χ0) is 13.5. The highest BCUT2D eigenvalue weighted by Gasteiger charge is 2.33. The standard InChI is InChI=1S/C15H19N3S/c1-15(2)8-11(16)14-12(9-15)18-13(19-14)7-10-5-3-4-6-17-10/h3-6,11H,7-9,16H2,1-2H3. The predicted molar refractivity (Wildman–Crippen MR) is 78.2 cm³/mol. The first-order valence-corrected chi connectivity index (χ1v) is 7.49. The molecule has 19 heavy (non-hydrogen) atoms. The highest BCUT2D eigenvalue weighted by molar-refractivity contribution is 7.11. The van der Waals surface area contributed by atoms with E-state index in [2.05, 4.69) is 18.8 Å². The predicted octanol–water partition coefficient (Wildman–Crippen LogP) is 3.10. The van der Waals surface area contributed by atoms with Crippen molar-refractivity contribution in [3.63, 3.8) is 0 Å². The van der Waals surface area contributed by atoms with E-state index < -0.39 is 0 Å². The van der Waals surface area contributed by atoms with Crippen LogP contribution >= 0.6 is 11.3 Å². The van der Waals surface area contributed by atoms with E-state index in [1.54, 1.807) is 11.3 Å². The second-order valence-corrected chi connectivity index (χ2v) is 7.18. The molecule has 1 unspecified atom stereocenters. The summed E-state index contributed by atoms with van der Waals surface area (Å²) in [6, 6.07) is 6.15. The Kier molecular flexibility index (Phi) is 3.15. The van der Waals surface area contributed by atoms with Crippen LogP contribution < -0.4 is 5.73 Å². The summed E-state index contributed by atoms with van der Waals surface area (Å²) < 4.78 is 0. The van der Waals surface area contributed by atoms with Crippen LogP contribution in [-0.2, 0) is 12.8 Å². The summed E-state index contributed by atoms with van der Waals surface area (Å²) in [5, 5.41) is 1.14. The lowest BCUT2D eigenvalue weighted by Gasteiger charge is -2.32. The Morgan fingerprint density at radius 1 is 1.42 bits per heavy atom. The van der Waals surface area contributed by atoms with Crippen molar-refractivity contribution in [1.29, 1.82) is 0 Å². The molecule has 3 nitrogen and oxygen atoms in total. The Bertz CT molecular complexity index is 574. The minimum atomic E-state index is 0.147. The van der Waals surface area contributed by atoms with E-state index in [-0.39, 0.29) is 11.5 Å². The highest BCUT2D eigenvalue weighted by Crippen LogP contribution is 2.41. The number of hydrogen-bond donors (Lipinski definition) is 1. The van der Waals surface area contributed by atoms with Crippen LogP contribution in [-0.4, -0.2) is 9.97 Å². The second-order valence-electron chi connectivity index (χ2n) is 6.07. The highest BCUT2D eigenvalue weighted by atomic mass is 32.1. The first-order valence-electron chi connectivity index (χ1n) is 6.67. The molecule has 1 atom stereocenters. The van der Waals surface area contributed by atoms with Crippen molar-refractivity contribution in [3.05, 3.63) is 45.7 Å². The van der Waals surface area contributed by atoms with Crippen LogP contribution in [0.5, 0.6) is 0 Å². The van der Waals surface area contributed by atoms with E-state index in [1.165, 1.54) is 10.6 Å². The van der Waals surface area contributed by atoms with Gasteiger partial charge in [-0.05, 0) is 30.4 Å². The van der Waals surface area contributed by atoms with Crippen molar-refractivity contribution in [2.75, 3.05) is 0 Å². The first-order chi connectivity index (χ1) is 9.03. The Morgan fingerprint density at radius 3 is 3.00 bits per heavy atom. The van der Waals surface area contributed by atoms with Crippen molar-refractivity contribution >= 4 is 11.3 Å². The summed E-state index contributed by atoms with van der Waals surface area (Å²) in [6.07, 6.45) is 4.73. The fourth-order valence-electron chi connectivity index (χ4n) is 2.78. The van der Waals surface area contributed by atoms with Gasteiger partial charge < -0.3 is 5.73 Å². The molecule has 2 N–H and O–H groups in total. The maximum absolute atomic E-state index is 6.28. The van der Waals surface area contributed by atoms with Crippen LogP contribution in [0, 0.1) is 5.41 Å². The maximum atomic E-state index is 6.28. The van der Waals surface area contributed by atoms with Gasteiger partial charge in [0.2, 0.25) is 0 Å². The van der Waals surface area contributed by atoms with Crippen LogP contribution in [0.3, 0.4) is 0 Å². The summed E-state index contributed by atoms with van der Waals surface area (Å²) in [5.74, 6) is 0. The molecule has 0 aliphatic heterocycles. The molecule has 0 saturated heterocycles. The van der Waals surface area contributed by atoms with Gasteiger partial charge in [-0.1, -0.05) is 19.9 Å². The fraction of sp³-hybridized carbons (Fsp3) is 0.467. The number of nitrogens with two attached hydrogens (primary N) is 1.